The van der Waals surface area contributed by atoms with Gasteiger partial charge in [-0.05, 0) is 37.0 Å². The smallest absolute Gasteiger partial charge is 0.338 e. The molecule has 0 aliphatic carbocycles. The highest BCUT2D eigenvalue weighted by Gasteiger charge is 2.28. The highest BCUT2D eigenvalue weighted by Crippen LogP contribution is 2.30. The van der Waals surface area contributed by atoms with Gasteiger partial charge in [-0.3, -0.25) is 4.79 Å². The van der Waals surface area contributed by atoms with Gasteiger partial charge in [0.15, 0.2) is 0 Å². The third-order valence-electron chi connectivity index (χ3n) is 6.73. The van der Waals surface area contributed by atoms with Crippen LogP contribution in [-0.2, 0) is 20.9 Å². The summed E-state index contributed by atoms with van der Waals surface area (Å²) in [5, 5.41) is 38.5. The number of aliphatic hydroxyl groups is 1. The minimum atomic E-state index is -1.26. The Morgan fingerprint density at radius 2 is 1.90 bits per heavy atom. The standard InChI is InChI=1S/C24H26N4O5.C4H4O4/c1-14-17(3-4-18-19(14)13-33-24(18)31)21(29)12-28-7-5-16(6-8-28)27-23(30)20-9-22(32-2)15(10-25)11-26-20;5-3(6)1-2-4(7)8/h3-4,9,11,16,21,29H,5-8,12-13H2,1-2H3,(H,27,30);1-2H,(H,5,6)(H,7,8)/b;2-1-/t21-;/m0./s1. The first-order chi connectivity index (χ1) is 19.5. The number of aromatic nitrogens is 1. The number of amides is 1. The summed E-state index contributed by atoms with van der Waals surface area (Å²) in [4.78, 5) is 49.6. The number of piperidine rings is 1. The zero-order valence-corrected chi connectivity index (χ0v) is 22.5. The van der Waals surface area contributed by atoms with Gasteiger partial charge in [0.25, 0.3) is 5.91 Å². The lowest BCUT2D eigenvalue weighted by Crippen LogP contribution is -2.45. The van der Waals surface area contributed by atoms with Gasteiger partial charge in [-0.25, -0.2) is 19.4 Å². The van der Waals surface area contributed by atoms with Crippen LogP contribution < -0.4 is 10.1 Å². The molecule has 0 unspecified atom stereocenters. The van der Waals surface area contributed by atoms with Crippen LogP contribution in [0, 0.1) is 18.3 Å². The monoisotopic (exact) mass is 566 g/mol. The molecule has 4 N–H and O–H groups in total. The molecule has 41 heavy (non-hydrogen) atoms. The van der Waals surface area contributed by atoms with Crippen molar-refractivity contribution < 1.29 is 44.0 Å². The molecule has 1 aromatic heterocycles. The summed E-state index contributed by atoms with van der Waals surface area (Å²) in [5.41, 5.74) is 3.62. The van der Waals surface area contributed by atoms with E-state index in [0.717, 1.165) is 42.6 Å². The van der Waals surface area contributed by atoms with Gasteiger partial charge in [0.05, 0.1) is 18.8 Å². The predicted octanol–water partition coefficient (Wildman–Crippen LogP) is 1.58. The van der Waals surface area contributed by atoms with E-state index < -0.39 is 18.0 Å². The number of benzene rings is 1. The first kappa shape index (κ1) is 30.7. The number of ether oxygens (including phenoxy) is 2. The van der Waals surface area contributed by atoms with E-state index in [1.165, 1.54) is 19.4 Å². The van der Waals surface area contributed by atoms with Crippen molar-refractivity contribution in [3.63, 3.8) is 0 Å². The molecule has 2 aromatic rings. The molecule has 4 rings (SSSR count). The number of nitrogens with one attached hydrogen (secondary N) is 1. The second kappa shape index (κ2) is 14.0. The Morgan fingerprint density at radius 1 is 1.24 bits per heavy atom. The minimum Gasteiger partial charge on any atom is -0.495 e. The molecule has 2 aliphatic heterocycles. The van der Waals surface area contributed by atoms with Gasteiger partial charge in [-0.1, -0.05) is 6.07 Å². The van der Waals surface area contributed by atoms with Crippen molar-refractivity contribution in [3.8, 4) is 11.8 Å². The lowest BCUT2D eigenvalue weighted by molar-refractivity contribution is -0.134. The van der Waals surface area contributed by atoms with Crippen molar-refractivity contribution in [2.45, 2.75) is 38.5 Å². The number of nitrogens with zero attached hydrogens (tertiary/aromatic N) is 3. The van der Waals surface area contributed by atoms with Crippen molar-refractivity contribution in [3.05, 3.63) is 70.1 Å². The number of hydrogen-bond acceptors (Lipinski definition) is 10. The molecule has 13 heteroatoms. The van der Waals surface area contributed by atoms with Crippen LogP contribution in [0.15, 0.2) is 36.5 Å². The molecule has 0 spiro atoms. The van der Waals surface area contributed by atoms with E-state index in [0.29, 0.717) is 30.0 Å². The van der Waals surface area contributed by atoms with Crippen molar-refractivity contribution in [2.75, 3.05) is 26.7 Å². The number of carboxylic acid groups (broad SMARTS) is 2. The van der Waals surface area contributed by atoms with E-state index in [9.17, 15) is 24.3 Å². The average molecular weight is 567 g/mol. The maximum atomic E-state index is 12.6. The van der Waals surface area contributed by atoms with Crippen molar-refractivity contribution in [1.82, 2.24) is 15.2 Å². The highest BCUT2D eigenvalue weighted by atomic mass is 16.5. The summed E-state index contributed by atoms with van der Waals surface area (Å²) in [6.07, 6.45) is 3.27. The third-order valence-corrected chi connectivity index (χ3v) is 6.73. The van der Waals surface area contributed by atoms with Crippen LogP contribution in [0.3, 0.4) is 0 Å². The van der Waals surface area contributed by atoms with Crippen LogP contribution in [-0.4, -0.2) is 81.8 Å². The number of nitriles is 1. The molecule has 13 nitrogen and oxygen atoms in total. The number of methoxy groups -OCH3 is 1. The Balaban J connectivity index is 0.000000507. The summed E-state index contributed by atoms with van der Waals surface area (Å²) in [7, 11) is 1.44. The van der Waals surface area contributed by atoms with Crippen molar-refractivity contribution >= 4 is 23.8 Å². The Kier molecular flexibility index (Phi) is 10.5. The number of fused-ring (bicyclic) bond motifs is 1. The molecule has 3 heterocycles. The van der Waals surface area contributed by atoms with Gasteiger partial charge in [0.1, 0.15) is 29.7 Å². The summed E-state index contributed by atoms with van der Waals surface area (Å²) in [6.45, 7) is 4.11. The molecule has 216 valence electrons. The van der Waals surface area contributed by atoms with E-state index in [4.69, 9.17) is 24.9 Å². The highest BCUT2D eigenvalue weighted by molar-refractivity contribution is 5.94. The number of β-amino-alcohol motifs (C(OH)–C–C–N with tert-alkyl or cyclic N) is 1. The molecule has 1 atom stereocenters. The topological polar surface area (TPSA) is 199 Å². The number of carbonyl (C=O) groups is 4. The predicted molar refractivity (Wildman–Crippen MR) is 142 cm³/mol. The van der Waals surface area contributed by atoms with Crippen LogP contribution in [0.5, 0.6) is 5.75 Å². The molecular formula is C28H30N4O9. The normalized spacial score (nSPS) is 15.6. The van der Waals surface area contributed by atoms with E-state index in [-0.39, 0.29) is 35.8 Å². The SMILES string of the molecule is COc1cc(C(=O)NC2CCN(C[C@H](O)c3ccc4c(c3C)COC4=O)CC2)ncc1C#N.O=C(O)/C=C\C(=O)O. The van der Waals surface area contributed by atoms with Crippen LogP contribution in [0.2, 0.25) is 0 Å². The molecule has 1 fully saturated rings. The first-order valence-corrected chi connectivity index (χ1v) is 12.6. The maximum Gasteiger partial charge on any atom is 0.338 e. The summed E-state index contributed by atoms with van der Waals surface area (Å²) >= 11 is 0. The van der Waals surface area contributed by atoms with Gasteiger partial charge in [-0.2, -0.15) is 5.26 Å². The van der Waals surface area contributed by atoms with Gasteiger partial charge in [0.2, 0.25) is 0 Å². The van der Waals surface area contributed by atoms with Crippen LogP contribution in [0.1, 0.15) is 62.0 Å². The molecule has 1 aromatic carbocycles. The zero-order valence-electron chi connectivity index (χ0n) is 22.5. The second-order valence-corrected chi connectivity index (χ2v) is 9.34. The van der Waals surface area contributed by atoms with Gasteiger partial charge in [-0.15, -0.1) is 0 Å². The lowest BCUT2D eigenvalue weighted by Gasteiger charge is -2.33. The van der Waals surface area contributed by atoms with Gasteiger partial charge < -0.3 is 35.0 Å². The van der Waals surface area contributed by atoms with E-state index in [2.05, 4.69) is 15.2 Å². The number of carboxylic acids is 2. The van der Waals surface area contributed by atoms with Gasteiger partial charge >= 0.3 is 17.9 Å². The Hall–Kier alpha value is -4.80. The van der Waals surface area contributed by atoms with Crippen molar-refractivity contribution in [2.24, 2.45) is 0 Å². The summed E-state index contributed by atoms with van der Waals surface area (Å²) in [5.74, 6) is -2.81. The second-order valence-electron chi connectivity index (χ2n) is 9.34. The fourth-order valence-corrected chi connectivity index (χ4v) is 4.55. The van der Waals surface area contributed by atoms with Crippen LogP contribution in [0.25, 0.3) is 0 Å². The Labute approximate surface area is 235 Å². The fourth-order valence-electron chi connectivity index (χ4n) is 4.55. The molecule has 0 bridgehead atoms. The van der Waals surface area contributed by atoms with Crippen LogP contribution >= 0.6 is 0 Å². The number of aliphatic hydroxyl groups excluding tert-OH is 1. The Morgan fingerprint density at radius 3 is 2.49 bits per heavy atom. The summed E-state index contributed by atoms with van der Waals surface area (Å²) in [6, 6.07) is 6.98. The largest absolute Gasteiger partial charge is 0.495 e. The number of esters is 1. The molecule has 0 radical (unpaired) electrons. The van der Waals surface area contributed by atoms with Crippen LogP contribution in [0.4, 0.5) is 0 Å². The molecule has 2 aliphatic rings. The fraction of sp³-hybridized carbons (Fsp3) is 0.357. The molecule has 0 saturated carbocycles. The third kappa shape index (κ3) is 8.10. The number of pyridine rings is 1. The summed E-state index contributed by atoms with van der Waals surface area (Å²) < 4.78 is 10.2. The lowest BCUT2D eigenvalue weighted by atomic mass is 9.94. The number of carbonyl (C=O) groups excluding carboxylic acids is 2. The van der Waals surface area contributed by atoms with Gasteiger partial charge in [0, 0.05) is 55.7 Å². The van der Waals surface area contributed by atoms with Crippen molar-refractivity contribution in [1.29, 1.82) is 5.26 Å². The number of hydrogen-bond donors (Lipinski definition) is 4. The molecule has 1 amide bonds. The maximum absolute atomic E-state index is 12.6. The number of likely N-dealkylation sites (tertiary alicyclic amines) is 1. The first-order valence-electron chi connectivity index (χ1n) is 12.6. The average Bonchev–Trinajstić information content (AvgIpc) is 3.34. The molecule has 1 saturated heterocycles. The Bertz CT molecular complexity index is 1380. The zero-order chi connectivity index (χ0) is 30.1. The van der Waals surface area contributed by atoms with E-state index in [1.807, 2.05) is 13.0 Å². The minimum absolute atomic E-state index is 0.000720. The number of cyclic esters (lactones) is 1. The number of rotatable bonds is 8. The number of aliphatic carboxylic acids is 2. The van der Waals surface area contributed by atoms with E-state index in [1.54, 1.807) is 12.1 Å². The molecular weight excluding hydrogens is 536 g/mol. The quantitative estimate of drug-likeness (QED) is 0.266. The van der Waals surface area contributed by atoms with E-state index >= 15 is 0 Å².